The van der Waals surface area contributed by atoms with E-state index in [0.717, 1.165) is 51.0 Å². The summed E-state index contributed by atoms with van der Waals surface area (Å²) in [5.74, 6) is -3.01. The van der Waals surface area contributed by atoms with Crippen LogP contribution in [0.1, 0.15) is 38.5 Å². The molecule has 6 nitrogen and oxygen atoms in total. The summed E-state index contributed by atoms with van der Waals surface area (Å²) >= 11 is 0. The lowest BCUT2D eigenvalue weighted by Crippen LogP contribution is -2.50. The van der Waals surface area contributed by atoms with Crippen LogP contribution < -0.4 is 0 Å². The van der Waals surface area contributed by atoms with Crippen molar-refractivity contribution in [3.05, 3.63) is 12.5 Å². The van der Waals surface area contributed by atoms with Gasteiger partial charge in [0.25, 0.3) is 0 Å². The predicted molar refractivity (Wildman–Crippen MR) is 70.6 cm³/mol. The summed E-state index contributed by atoms with van der Waals surface area (Å²) in [5, 5.41) is 0. The third kappa shape index (κ3) is 2.84. The monoisotopic (exact) mass is 296 g/mol. The molecule has 2 fully saturated rings. The van der Waals surface area contributed by atoms with Crippen LogP contribution in [0.4, 0.5) is 0 Å². The van der Waals surface area contributed by atoms with Gasteiger partial charge in [-0.2, -0.15) is 0 Å². The summed E-state index contributed by atoms with van der Waals surface area (Å²) in [6.45, 7) is 0.590. The molecule has 0 unspecified atom stereocenters. The van der Waals surface area contributed by atoms with Crippen molar-refractivity contribution < 1.29 is 28.5 Å². The first kappa shape index (κ1) is 14.2. The van der Waals surface area contributed by atoms with E-state index in [0.29, 0.717) is 25.0 Å². The average molecular weight is 296 g/mol. The highest BCUT2D eigenvalue weighted by Crippen LogP contribution is 2.30. The van der Waals surface area contributed by atoms with Gasteiger partial charge in [-0.25, -0.2) is 9.59 Å². The average Bonchev–Trinajstić information content (AvgIpc) is 2.85. The van der Waals surface area contributed by atoms with Crippen LogP contribution >= 0.6 is 0 Å². The summed E-state index contributed by atoms with van der Waals surface area (Å²) in [5.41, 5.74) is 0. The van der Waals surface area contributed by atoms with Crippen LogP contribution in [0.25, 0.3) is 0 Å². The fraction of sp³-hybridized carbons (Fsp3) is 0.733. The molecule has 0 bridgehead atoms. The lowest BCUT2D eigenvalue weighted by molar-refractivity contribution is -0.219. The molecule has 3 rings (SSSR count). The lowest BCUT2D eigenvalue weighted by Gasteiger charge is -2.29. The van der Waals surface area contributed by atoms with Gasteiger partial charge in [-0.1, -0.05) is 12.8 Å². The highest BCUT2D eigenvalue weighted by molar-refractivity contribution is 6.02. The van der Waals surface area contributed by atoms with Gasteiger partial charge in [-0.15, -0.1) is 0 Å². The summed E-state index contributed by atoms with van der Waals surface area (Å²) in [6, 6.07) is 0. The molecule has 0 aromatic carbocycles. The van der Waals surface area contributed by atoms with E-state index in [2.05, 4.69) is 0 Å². The van der Waals surface area contributed by atoms with E-state index in [-0.39, 0.29) is 0 Å². The maximum absolute atomic E-state index is 12.2. The summed E-state index contributed by atoms with van der Waals surface area (Å²) in [7, 11) is 0. The summed E-state index contributed by atoms with van der Waals surface area (Å²) < 4.78 is 20.5. The molecule has 0 spiro atoms. The van der Waals surface area contributed by atoms with Gasteiger partial charge in [0.1, 0.15) is 12.5 Å². The maximum atomic E-state index is 12.2. The molecule has 0 aromatic rings. The minimum Gasteiger partial charge on any atom is -0.459 e. The Labute approximate surface area is 123 Å². The smallest absolute Gasteiger partial charge is 0.452 e. The summed E-state index contributed by atoms with van der Waals surface area (Å²) in [6.07, 6.45) is 8.83. The topological polar surface area (TPSA) is 71.1 Å². The number of ether oxygens (including phenoxy) is 4. The lowest BCUT2D eigenvalue weighted by atomic mass is 9.86. The largest absolute Gasteiger partial charge is 0.459 e. The van der Waals surface area contributed by atoms with Gasteiger partial charge in [0.2, 0.25) is 0 Å². The van der Waals surface area contributed by atoms with E-state index in [1.807, 2.05) is 0 Å². The Morgan fingerprint density at radius 3 is 1.67 bits per heavy atom. The highest BCUT2D eigenvalue weighted by Gasteiger charge is 2.56. The van der Waals surface area contributed by atoms with Crippen molar-refractivity contribution >= 4 is 11.9 Å². The Bertz CT molecular complexity index is 395. The third-order valence-corrected chi connectivity index (χ3v) is 4.41. The first-order valence-electron chi connectivity index (χ1n) is 7.56. The van der Waals surface area contributed by atoms with Crippen LogP contribution in [0, 0.1) is 11.8 Å². The molecule has 0 amide bonds. The predicted octanol–water partition coefficient (Wildman–Crippen LogP) is 1.89. The minimum absolute atomic E-state index is 0.295. The molecule has 3 aliphatic rings. The van der Waals surface area contributed by atoms with Crippen LogP contribution in [0.2, 0.25) is 0 Å². The van der Waals surface area contributed by atoms with Crippen LogP contribution in [-0.4, -0.2) is 30.9 Å². The van der Waals surface area contributed by atoms with Gasteiger partial charge < -0.3 is 18.9 Å². The third-order valence-electron chi connectivity index (χ3n) is 4.41. The Kier molecular flexibility index (Phi) is 4.03. The molecule has 2 saturated carbocycles. The molecule has 6 heteroatoms. The Morgan fingerprint density at radius 1 is 0.905 bits per heavy atom. The normalized spacial score (nSPS) is 23.4. The van der Waals surface area contributed by atoms with Crippen molar-refractivity contribution in [1.29, 1.82) is 0 Å². The van der Waals surface area contributed by atoms with Crippen molar-refractivity contribution in [2.24, 2.45) is 11.8 Å². The molecule has 1 heterocycles. The Balaban J connectivity index is 1.54. The second kappa shape index (κ2) is 5.95. The Hall–Kier alpha value is -1.72. The van der Waals surface area contributed by atoms with Gasteiger partial charge in [0, 0.05) is 0 Å². The maximum Gasteiger partial charge on any atom is 0.452 e. The van der Waals surface area contributed by atoms with Gasteiger partial charge in [-0.05, 0) is 37.5 Å². The number of rotatable bonds is 6. The standard InChI is InChI=1S/C15H20O6/c16-13(18-9-11-3-1-4-11)15(20-7-8-21-15)14(17)19-10-12-5-2-6-12/h7-8,11-12H,1-6,9-10H2. The zero-order chi connectivity index (χ0) is 14.7. The SMILES string of the molecule is O=C(OCC1CCC1)C1(C(=O)OCC2CCC2)OC=CO1. The van der Waals surface area contributed by atoms with Crippen molar-refractivity contribution in [1.82, 2.24) is 0 Å². The number of hydrogen-bond acceptors (Lipinski definition) is 6. The second-order valence-corrected chi connectivity index (χ2v) is 5.92. The van der Waals surface area contributed by atoms with E-state index in [1.165, 1.54) is 0 Å². The molecule has 0 N–H and O–H groups in total. The number of carbonyl (C=O) groups excluding carboxylic acids is 2. The molecule has 116 valence electrons. The van der Waals surface area contributed by atoms with Crippen LogP contribution in [0.3, 0.4) is 0 Å². The van der Waals surface area contributed by atoms with Crippen molar-refractivity contribution in [2.75, 3.05) is 13.2 Å². The van der Waals surface area contributed by atoms with Gasteiger partial charge in [0.15, 0.2) is 0 Å². The zero-order valence-corrected chi connectivity index (χ0v) is 11.9. The van der Waals surface area contributed by atoms with E-state index in [9.17, 15) is 9.59 Å². The van der Waals surface area contributed by atoms with Crippen molar-refractivity contribution in [3.8, 4) is 0 Å². The molecule has 1 aliphatic heterocycles. The fourth-order valence-corrected chi connectivity index (χ4v) is 2.45. The van der Waals surface area contributed by atoms with E-state index in [1.54, 1.807) is 0 Å². The number of carbonyl (C=O) groups is 2. The molecule has 0 aromatic heterocycles. The molecule has 2 aliphatic carbocycles. The van der Waals surface area contributed by atoms with Gasteiger partial charge >= 0.3 is 17.7 Å². The number of esters is 2. The highest BCUT2D eigenvalue weighted by atomic mass is 16.8. The molecule has 0 atom stereocenters. The van der Waals surface area contributed by atoms with E-state index in [4.69, 9.17) is 18.9 Å². The van der Waals surface area contributed by atoms with E-state index >= 15 is 0 Å². The molecular weight excluding hydrogens is 276 g/mol. The van der Waals surface area contributed by atoms with Gasteiger partial charge in [-0.3, -0.25) is 0 Å². The first-order chi connectivity index (χ1) is 10.2. The summed E-state index contributed by atoms with van der Waals surface area (Å²) in [4.78, 5) is 24.3. The van der Waals surface area contributed by atoms with E-state index < -0.39 is 17.7 Å². The molecule has 21 heavy (non-hydrogen) atoms. The van der Waals surface area contributed by atoms with Gasteiger partial charge in [0.05, 0.1) is 13.2 Å². The number of hydrogen-bond donors (Lipinski definition) is 0. The molecule has 0 radical (unpaired) electrons. The van der Waals surface area contributed by atoms with Crippen LogP contribution in [-0.2, 0) is 28.5 Å². The zero-order valence-electron chi connectivity index (χ0n) is 11.9. The second-order valence-electron chi connectivity index (χ2n) is 5.92. The van der Waals surface area contributed by atoms with Crippen LogP contribution in [0.5, 0.6) is 0 Å². The molecule has 0 saturated heterocycles. The minimum atomic E-state index is -2.10. The molecular formula is C15H20O6. The van der Waals surface area contributed by atoms with Crippen molar-refractivity contribution in [3.63, 3.8) is 0 Å². The first-order valence-corrected chi connectivity index (χ1v) is 7.56. The fourth-order valence-electron chi connectivity index (χ4n) is 2.45. The Morgan fingerprint density at radius 2 is 1.33 bits per heavy atom. The quantitative estimate of drug-likeness (QED) is 0.550. The van der Waals surface area contributed by atoms with Crippen molar-refractivity contribution in [2.45, 2.75) is 44.3 Å². The van der Waals surface area contributed by atoms with Crippen LogP contribution in [0.15, 0.2) is 12.5 Å².